The Labute approximate surface area is 101 Å². The van der Waals surface area contributed by atoms with Crippen molar-refractivity contribution in [3.8, 4) is 5.75 Å². The standard InChI is InChI=1S/C13H18N2O2/c14-10-3-1-6-12(9-10)17-8-7-13(16)15-11-4-2-5-11/h1,3,6,9,11H,2,4-5,7-8,14H2,(H,15,16). The number of benzene rings is 1. The van der Waals surface area contributed by atoms with E-state index in [9.17, 15) is 4.79 Å². The van der Waals surface area contributed by atoms with Crippen molar-refractivity contribution < 1.29 is 9.53 Å². The van der Waals surface area contributed by atoms with E-state index in [1.165, 1.54) is 6.42 Å². The van der Waals surface area contributed by atoms with E-state index in [1.54, 1.807) is 12.1 Å². The van der Waals surface area contributed by atoms with Crippen LogP contribution in [0.15, 0.2) is 24.3 Å². The molecule has 1 saturated carbocycles. The predicted octanol–water partition coefficient (Wildman–Crippen LogP) is 1.71. The van der Waals surface area contributed by atoms with Gasteiger partial charge in [-0.15, -0.1) is 0 Å². The number of carbonyl (C=O) groups is 1. The fourth-order valence-corrected chi connectivity index (χ4v) is 1.72. The van der Waals surface area contributed by atoms with Crippen LogP contribution in [0.25, 0.3) is 0 Å². The number of ether oxygens (including phenoxy) is 1. The summed E-state index contributed by atoms with van der Waals surface area (Å²) in [5.41, 5.74) is 6.29. The molecule has 1 aliphatic carbocycles. The lowest BCUT2D eigenvalue weighted by molar-refractivity contribution is -0.122. The van der Waals surface area contributed by atoms with Crippen LogP contribution in [-0.4, -0.2) is 18.6 Å². The van der Waals surface area contributed by atoms with Crippen LogP contribution in [0.2, 0.25) is 0 Å². The molecule has 0 radical (unpaired) electrons. The van der Waals surface area contributed by atoms with Crippen molar-refractivity contribution in [3.63, 3.8) is 0 Å². The number of anilines is 1. The third-order valence-corrected chi connectivity index (χ3v) is 2.93. The van der Waals surface area contributed by atoms with Crippen molar-refractivity contribution in [2.45, 2.75) is 31.7 Å². The number of hydrogen-bond donors (Lipinski definition) is 2. The summed E-state index contributed by atoms with van der Waals surface area (Å²) in [6.45, 7) is 0.391. The zero-order valence-corrected chi connectivity index (χ0v) is 9.82. The van der Waals surface area contributed by atoms with E-state index in [1.807, 2.05) is 12.1 Å². The Morgan fingerprint density at radius 1 is 1.47 bits per heavy atom. The largest absolute Gasteiger partial charge is 0.493 e. The molecule has 0 heterocycles. The maximum Gasteiger partial charge on any atom is 0.223 e. The summed E-state index contributed by atoms with van der Waals surface area (Å²) in [7, 11) is 0. The quantitative estimate of drug-likeness (QED) is 0.762. The molecule has 4 heteroatoms. The summed E-state index contributed by atoms with van der Waals surface area (Å²) < 4.78 is 5.45. The van der Waals surface area contributed by atoms with Crippen LogP contribution in [0, 0.1) is 0 Å². The summed E-state index contributed by atoms with van der Waals surface area (Å²) >= 11 is 0. The number of nitrogens with one attached hydrogen (secondary N) is 1. The van der Waals surface area contributed by atoms with Crippen LogP contribution in [0.1, 0.15) is 25.7 Å². The minimum atomic E-state index is 0.0682. The highest BCUT2D eigenvalue weighted by molar-refractivity contribution is 5.76. The smallest absolute Gasteiger partial charge is 0.223 e. The Kier molecular flexibility index (Phi) is 3.85. The van der Waals surface area contributed by atoms with Gasteiger partial charge in [0.15, 0.2) is 0 Å². The summed E-state index contributed by atoms with van der Waals surface area (Å²) in [4.78, 5) is 11.5. The summed E-state index contributed by atoms with van der Waals surface area (Å²) in [6.07, 6.45) is 3.85. The Hall–Kier alpha value is -1.71. The van der Waals surface area contributed by atoms with Gasteiger partial charge in [-0.1, -0.05) is 6.07 Å². The predicted molar refractivity (Wildman–Crippen MR) is 66.7 cm³/mol. The first-order valence-electron chi connectivity index (χ1n) is 6.02. The summed E-state index contributed by atoms with van der Waals surface area (Å²) in [5.74, 6) is 0.778. The van der Waals surface area contributed by atoms with E-state index >= 15 is 0 Å². The molecule has 2 rings (SSSR count). The van der Waals surface area contributed by atoms with Crippen molar-refractivity contribution in [2.75, 3.05) is 12.3 Å². The normalized spacial score (nSPS) is 15.1. The minimum Gasteiger partial charge on any atom is -0.493 e. The second kappa shape index (κ2) is 5.57. The molecule has 0 aromatic heterocycles. The molecule has 0 aliphatic heterocycles. The van der Waals surface area contributed by atoms with Gasteiger partial charge in [0.05, 0.1) is 13.0 Å². The van der Waals surface area contributed by atoms with Gasteiger partial charge < -0.3 is 15.8 Å². The van der Waals surface area contributed by atoms with Crippen LogP contribution >= 0.6 is 0 Å². The van der Waals surface area contributed by atoms with Gasteiger partial charge in [-0.05, 0) is 31.4 Å². The molecule has 1 aromatic carbocycles. The van der Waals surface area contributed by atoms with E-state index in [-0.39, 0.29) is 5.91 Å². The molecule has 92 valence electrons. The third-order valence-electron chi connectivity index (χ3n) is 2.93. The highest BCUT2D eigenvalue weighted by Crippen LogP contribution is 2.18. The molecule has 4 nitrogen and oxygen atoms in total. The van der Waals surface area contributed by atoms with Gasteiger partial charge in [0, 0.05) is 17.8 Å². The first-order chi connectivity index (χ1) is 8.24. The fraction of sp³-hybridized carbons (Fsp3) is 0.462. The zero-order chi connectivity index (χ0) is 12.1. The Balaban J connectivity index is 1.66. The molecule has 0 saturated heterocycles. The van der Waals surface area contributed by atoms with Gasteiger partial charge in [-0.3, -0.25) is 4.79 Å². The van der Waals surface area contributed by atoms with Crippen molar-refractivity contribution >= 4 is 11.6 Å². The first kappa shape index (κ1) is 11.8. The van der Waals surface area contributed by atoms with Gasteiger partial charge in [-0.25, -0.2) is 0 Å². The molecule has 1 fully saturated rings. The second-order valence-electron chi connectivity index (χ2n) is 4.37. The van der Waals surface area contributed by atoms with Gasteiger partial charge in [-0.2, -0.15) is 0 Å². The minimum absolute atomic E-state index is 0.0682. The highest BCUT2D eigenvalue weighted by Gasteiger charge is 2.18. The van der Waals surface area contributed by atoms with E-state index in [0.717, 1.165) is 12.8 Å². The fourth-order valence-electron chi connectivity index (χ4n) is 1.72. The third kappa shape index (κ3) is 3.66. The van der Waals surface area contributed by atoms with E-state index in [0.29, 0.717) is 30.5 Å². The molecular formula is C13H18N2O2. The number of nitrogen functional groups attached to an aromatic ring is 1. The zero-order valence-electron chi connectivity index (χ0n) is 9.82. The molecule has 1 aliphatic rings. The molecule has 3 N–H and O–H groups in total. The number of carbonyl (C=O) groups excluding carboxylic acids is 1. The lowest BCUT2D eigenvalue weighted by atomic mass is 9.93. The lowest BCUT2D eigenvalue weighted by Gasteiger charge is -2.26. The average Bonchev–Trinajstić information content (AvgIpc) is 2.24. The number of amides is 1. The Bertz CT molecular complexity index is 389. The van der Waals surface area contributed by atoms with Crippen molar-refractivity contribution in [2.24, 2.45) is 0 Å². The molecular weight excluding hydrogens is 216 g/mol. The second-order valence-corrected chi connectivity index (χ2v) is 4.37. The molecule has 0 atom stereocenters. The van der Waals surface area contributed by atoms with Gasteiger partial charge in [0.2, 0.25) is 5.91 Å². The van der Waals surface area contributed by atoms with Crippen LogP contribution < -0.4 is 15.8 Å². The van der Waals surface area contributed by atoms with E-state index in [4.69, 9.17) is 10.5 Å². The van der Waals surface area contributed by atoms with Crippen molar-refractivity contribution in [3.05, 3.63) is 24.3 Å². The van der Waals surface area contributed by atoms with Crippen LogP contribution in [0.5, 0.6) is 5.75 Å². The lowest BCUT2D eigenvalue weighted by Crippen LogP contribution is -2.39. The molecule has 1 amide bonds. The van der Waals surface area contributed by atoms with Gasteiger partial charge >= 0.3 is 0 Å². The maximum atomic E-state index is 11.5. The van der Waals surface area contributed by atoms with E-state index < -0.39 is 0 Å². The monoisotopic (exact) mass is 234 g/mol. The summed E-state index contributed by atoms with van der Waals surface area (Å²) in [6, 6.07) is 7.62. The van der Waals surface area contributed by atoms with E-state index in [2.05, 4.69) is 5.32 Å². The van der Waals surface area contributed by atoms with Crippen molar-refractivity contribution in [1.82, 2.24) is 5.32 Å². The number of rotatable bonds is 5. The molecule has 0 spiro atoms. The van der Waals surface area contributed by atoms with Gasteiger partial charge in [0.25, 0.3) is 0 Å². The average molecular weight is 234 g/mol. The summed E-state index contributed by atoms with van der Waals surface area (Å²) in [5, 5.41) is 2.97. The Morgan fingerprint density at radius 2 is 2.29 bits per heavy atom. The molecule has 17 heavy (non-hydrogen) atoms. The molecule has 1 aromatic rings. The highest BCUT2D eigenvalue weighted by atomic mass is 16.5. The van der Waals surface area contributed by atoms with Crippen LogP contribution in [0.4, 0.5) is 5.69 Å². The first-order valence-corrected chi connectivity index (χ1v) is 6.02. The number of hydrogen-bond acceptors (Lipinski definition) is 3. The molecule has 0 unspecified atom stereocenters. The van der Waals surface area contributed by atoms with Crippen molar-refractivity contribution in [1.29, 1.82) is 0 Å². The van der Waals surface area contributed by atoms with Gasteiger partial charge in [0.1, 0.15) is 5.75 Å². The maximum absolute atomic E-state index is 11.5. The molecule has 0 bridgehead atoms. The SMILES string of the molecule is Nc1cccc(OCCC(=O)NC2CCC2)c1. The Morgan fingerprint density at radius 3 is 2.94 bits per heavy atom. The number of nitrogens with two attached hydrogens (primary N) is 1. The topological polar surface area (TPSA) is 64.3 Å². The van der Waals surface area contributed by atoms with Crippen LogP contribution in [-0.2, 0) is 4.79 Å². The van der Waals surface area contributed by atoms with Crippen LogP contribution in [0.3, 0.4) is 0 Å².